The molecule has 0 N–H and O–H groups in total. The molecular weight excluding hydrogens is 635 g/mol. The Morgan fingerprint density at radius 1 is 0.420 bits per heavy atom. The summed E-state index contributed by atoms with van der Waals surface area (Å²) in [5.41, 5.74) is 7.85. The van der Waals surface area contributed by atoms with E-state index in [9.17, 15) is 0 Å². The van der Waals surface area contributed by atoms with Crippen molar-refractivity contribution in [2.75, 3.05) is 0 Å². The highest BCUT2D eigenvalue weighted by Crippen LogP contribution is 2.42. The zero-order valence-corrected chi connectivity index (χ0v) is 27.3. The van der Waals surface area contributed by atoms with Crippen molar-refractivity contribution in [1.82, 2.24) is 24.9 Å². The summed E-state index contributed by atoms with van der Waals surface area (Å²) in [6.07, 6.45) is 0. The Kier molecular flexibility index (Phi) is 6.57. The van der Waals surface area contributed by atoms with E-state index in [0.717, 1.165) is 70.2 Å². The van der Waals surface area contributed by atoms with Crippen LogP contribution in [0, 0.1) is 0 Å². The molecule has 0 aliphatic carbocycles. The molecule has 50 heavy (non-hydrogen) atoms. The first kappa shape index (κ1) is 28.4. The molecule has 6 nitrogen and oxygen atoms in total. The molecule has 0 saturated heterocycles. The van der Waals surface area contributed by atoms with E-state index in [2.05, 4.69) is 54.6 Å². The lowest BCUT2D eigenvalue weighted by molar-refractivity contribution is 0.667. The van der Waals surface area contributed by atoms with Gasteiger partial charge in [-0.3, -0.25) is 0 Å². The summed E-state index contributed by atoms with van der Waals surface area (Å²) in [6, 6.07) is 51.2. The van der Waals surface area contributed by atoms with Gasteiger partial charge in [0.1, 0.15) is 16.8 Å². The molecule has 10 aromatic rings. The predicted octanol–water partition coefficient (Wildman–Crippen LogP) is 11.3. The van der Waals surface area contributed by atoms with E-state index in [4.69, 9.17) is 29.3 Å². The van der Waals surface area contributed by atoms with Crippen LogP contribution in [0.2, 0.25) is 0 Å². The first-order valence-corrected chi connectivity index (χ1v) is 17.2. The van der Waals surface area contributed by atoms with Crippen LogP contribution in [-0.2, 0) is 0 Å². The molecule has 10 rings (SSSR count). The highest BCUT2D eigenvalue weighted by molar-refractivity contribution is 7.26. The van der Waals surface area contributed by atoms with Crippen LogP contribution >= 0.6 is 11.3 Å². The SMILES string of the molecule is c1ccc(-c2nc(-c3ccccc3)nc(-c3ccc4c(c3)sc3c(-c5nc(-c6ccccc6)c6oc7ccccc7c6n5)cccc34)n2)cc1. The molecule has 0 bridgehead atoms. The maximum atomic E-state index is 6.35. The van der Waals surface area contributed by atoms with Gasteiger partial charge in [-0.1, -0.05) is 127 Å². The van der Waals surface area contributed by atoms with Crippen LogP contribution in [0.5, 0.6) is 0 Å². The second kappa shape index (κ2) is 11.5. The molecule has 4 aromatic heterocycles. The van der Waals surface area contributed by atoms with Crippen molar-refractivity contribution < 1.29 is 4.42 Å². The number of benzene rings is 6. The van der Waals surface area contributed by atoms with Crippen molar-refractivity contribution in [1.29, 1.82) is 0 Å². The van der Waals surface area contributed by atoms with Crippen LogP contribution in [0.25, 0.3) is 99.1 Å². The Balaban J connectivity index is 1.15. The Bertz CT molecular complexity index is 2810. The van der Waals surface area contributed by atoms with Crippen molar-refractivity contribution in [3.8, 4) is 56.8 Å². The van der Waals surface area contributed by atoms with Crippen molar-refractivity contribution in [3.05, 3.63) is 152 Å². The first-order chi connectivity index (χ1) is 24.8. The average molecular weight is 660 g/mol. The van der Waals surface area contributed by atoms with Crippen LogP contribution in [0.1, 0.15) is 0 Å². The standard InChI is InChI=1S/C43H25N5OS/c1-4-13-26(14-5-1)36-38-37(32-19-10-11-22-34(32)49-38)45-43(44-36)33-21-12-20-31-30-24-23-29(25-35(30)50-39(31)33)42-47-40(27-15-6-2-7-16-27)46-41(48-42)28-17-8-3-9-18-28/h1-25H. The maximum Gasteiger partial charge on any atom is 0.180 e. The number of rotatable bonds is 5. The minimum absolute atomic E-state index is 0.630. The van der Waals surface area contributed by atoms with Crippen molar-refractivity contribution in [2.24, 2.45) is 0 Å². The smallest absolute Gasteiger partial charge is 0.180 e. The lowest BCUT2D eigenvalue weighted by Gasteiger charge is -2.08. The summed E-state index contributed by atoms with van der Waals surface area (Å²) in [5, 5.41) is 3.29. The fourth-order valence-electron chi connectivity index (χ4n) is 6.55. The van der Waals surface area contributed by atoms with Crippen molar-refractivity contribution in [3.63, 3.8) is 0 Å². The van der Waals surface area contributed by atoms with E-state index < -0.39 is 0 Å². The third kappa shape index (κ3) is 4.75. The number of hydrogen-bond acceptors (Lipinski definition) is 7. The quantitative estimate of drug-likeness (QED) is 0.183. The van der Waals surface area contributed by atoms with E-state index >= 15 is 0 Å². The molecule has 6 aromatic carbocycles. The van der Waals surface area contributed by atoms with Crippen LogP contribution in [0.15, 0.2) is 156 Å². The van der Waals surface area contributed by atoms with Gasteiger partial charge in [0.05, 0.1) is 0 Å². The molecular formula is C43H25N5OS. The molecule has 0 unspecified atom stereocenters. The van der Waals surface area contributed by atoms with Crippen LogP contribution in [-0.4, -0.2) is 24.9 Å². The highest BCUT2D eigenvalue weighted by Gasteiger charge is 2.20. The molecule has 4 heterocycles. The van der Waals surface area contributed by atoms with E-state index in [-0.39, 0.29) is 0 Å². The average Bonchev–Trinajstić information content (AvgIpc) is 3.76. The van der Waals surface area contributed by atoms with Crippen molar-refractivity contribution >= 4 is 53.6 Å². The van der Waals surface area contributed by atoms with E-state index in [1.165, 1.54) is 0 Å². The lowest BCUT2D eigenvalue weighted by Crippen LogP contribution is -1.99. The first-order valence-electron chi connectivity index (χ1n) is 16.3. The molecule has 0 radical (unpaired) electrons. The minimum atomic E-state index is 0.630. The summed E-state index contributed by atoms with van der Waals surface area (Å²) in [6.45, 7) is 0. The highest BCUT2D eigenvalue weighted by atomic mass is 32.1. The number of fused-ring (bicyclic) bond motifs is 6. The number of thiophene rings is 1. The minimum Gasteiger partial charge on any atom is -0.452 e. The normalized spacial score (nSPS) is 11.6. The summed E-state index contributed by atoms with van der Waals surface area (Å²) >= 11 is 1.73. The van der Waals surface area contributed by atoms with Gasteiger partial charge in [0, 0.05) is 53.4 Å². The summed E-state index contributed by atoms with van der Waals surface area (Å²) in [7, 11) is 0. The Morgan fingerprint density at radius 2 is 1.02 bits per heavy atom. The van der Waals surface area contributed by atoms with Gasteiger partial charge in [-0.15, -0.1) is 11.3 Å². The van der Waals surface area contributed by atoms with E-state index in [1.54, 1.807) is 11.3 Å². The Hall–Kier alpha value is -6.57. The van der Waals surface area contributed by atoms with Gasteiger partial charge in [-0.2, -0.15) is 0 Å². The maximum absolute atomic E-state index is 6.35. The zero-order chi connectivity index (χ0) is 33.0. The molecule has 7 heteroatoms. The van der Waals surface area contributed by atoms with Gasteiger partial charge in [-0.05, 0) is 24.3 Å². The third-order valence-electron chi connectivity index (χ3n) is 8.96. The zero-order valence-electron chi connectivity index (χ0n) is 26.5. The van der Waals surface area contributed by atoms with Crippen LogP contribution < -0.4 is 0 Å². The molecule has 0 aliphatic heterocycles. The topological polar surface area (TPSA) is 77.6 Å². The molecule has 0 fully saturated rings. The van der Waals surface area contributed by atoms with Gasteiger partial charge in [0.15, 0.2) is 28.9 Å². The molecule has 234 valence electrons. The Morgan fingerprint density at radius 3 is 1.72 bits per heavy atom. The van der Waals surface area contributed by atoms with Gasteiger partial charge in [0.25, 0.3) is 0 Å². The van der Waals surface area contributed by atoms with E-state index in [0.29, 0.717) is 28.9 Å². The Labute approximate surface area is 290 Å². The number of hydrogen-bond donors (Lipinski definition) is 0. The molecule has 0 atom stereocenters. The fourth-order valence-corrected chi connectivity index (χ4v) is 7.81. The molecule has 0 amide bonds. The number of para-hydroxylation sites is 1. The number of furan rings is 1. The summed E-state index contributed by atoms with van der Waals surface area (Å²) in [5.74, 6) is 2.58. The third-order valence-corrected chi connectivity index (χ3v) is 10.2. The second-order valence-electron chi connectivity index (χ2n) is 12.1. The van der Waals surface area contributed by atoms with Crippen molar-refractivity contribution in [2.45, 2.75) is 0 Å². The monoisotopic (exact) mass is 659 g/mol. The molecule has 0 aliphatic rings. The van der Waals surface area contributed by atoms with Gasteiger partial charge >= 0.3 is 0 Å². The largest absolute Gasteiger partial charge is 0.452 e. The van der Waals surface area contributed by atoms with Gasteiger partial charge < -0.3 is 4.42 Å². The van der Waals surface area contributed by atoms with E-state index in [1.807, 2.05) is 97.1 Å². The number of aromatic nitrogens is 5. The second-order valence-corrected chi connectivity index (χ2v) is 13.1. The molecule has 0 spiro atoms. The fraction of sp³-hybridized carbons (Fsp3) is 0. The van der Waals surface area contributed by atoms with Crippen LogP contribution in [0.4, 0.5) is 0 Å². The summed E-state index contributed by atoms with van der Waals surface area (Å²) < 4.78 is 8.61. The van der Waals surface area contributed by atoms with Gasteiger partial charge in [0.2, 0.25) is 0 Å². The van der Waals surface area contributed by atoms with Gasteiger partial charge in [-0.25, -0.2) is 24.9 Å². The van der Waals surface area contributed by atoms with Crippen LogP contribution in [0.3, 0.4) is 0 Å². The lowest BCUT2D eigenvalue weighted by atomic mass is 10.1. The number of nitrogens with zero attached hydrogens (tertiary/aromatic N) is 5. The molecule has 0 saturated carbocycles. The predicted molar refractivity (Wildman–Crippen MR) is 203 cm³/mol. The summed E-state index contributed by atoms with van der Waals surface area (Å²) in [4.78, 5) is 25.1.